The fourth-order valence-corrected chi connectivity index (χ4v) is 2.88. The van der Waals surface area contributed by atoms with Crippen molar-refractivity contribution in [1.82, 2.24) is 15.1 Å². The van der Waals surface area contributed by atoms with Gasteiger partial charge in [0.25, 0.3) is 0 Å². The second-order valence-electron chi connectivity index (χ2n) is 5.17. The molecule has 1 aliphatic carbocycles. The Morgan fingerprint density at radius 2 is 2.11 bits per heavy atom. The molecule has 1 saturated carbocycles. The van der Waals surface area contributed by atoms with Crippen molar-refractivity contribution in [2.45, 2.75) is 57.7 Å². The van der Waals surface area contributed by atoms with E-state index in [4.69, 9.17) is 11.6 Å². The SMILES string of the molecule is Cc1nn(C)c(Cl)c1CNC1CCCCCC1O. The van der Waals surface area contributed by atoms with Gasteiger partial charge in [-0.05, 0) is 19.8 Å². The Balaban J connectivity index is 1.97. The zero-order valence-electron chi connectivity index (χ0n) is 11.1. The summed E-state index contributed by atoms with van der Waals surface area (Å²) in [5.41, 5.74) is 1.99. The Bertz CT molecular complexity index is 405. The highest BCUT2D eigenvalue weighted by atomic mass is 35.5. The highest BCUT2D eigenvalue weighted by Gasteiger charge is 2.22. The van der Waals surface area contributed by atoms with E-state index in [1.807, 2.05) is 14.0 Å². The van der Waals surface area contributed by atoms with E-state index in [1.165, 1.54) is 12.8 Å². The predicted molar refractivity (Wildman–Crippen MR) is 72.7 cm³/mol. The first kappa shape index (κ1) is 13.8. The lowest BCUT2D eigenvalue weighted by Crippen LogP contribution is -2.38. The molecule has 0 spiro atoms. The molecule has 0 aromatic carbocycles. The molecule has 5 heteroatoms. The average molecular weight is 272 g/mol. The summed E-state index contributed by atoms with van der Waals surface area (Å²) in [7, 11) is 1.85. The Kier molecular flexibility index (Phi) is 4.65. The van der Waals surface area contributed by atoms with Gasteiger partial charge in [-0.2, -0.15) is 5.10 Å². The van der Waals surface area contributed by atoms with Crippen LogP contribution in [0.2, 0.25) is 5.15 Å². The van der Waals surface area contributed by atoms with Crippen LogP contribution in [0.25, 0.3) is 0 Å². The second-order valence-corrected chi connectivity index (χ2v) is 5.53. The van der Waals surface area contributed by atoms with Crippen LogP contribution in [0.15, 0.2) is 0 Å². The minimum absolute atomic E-state index is 0.183. The summed E-state index contributed by atoms with van der Waals surface area (Å²) in [6, 6.07) is 0.183. The van der Waals surface area contributed by atoms with E-state index < -0.39 is 0 Å². The molecule has 102 valence electrons. The number of nitrogens with zero attached hydrogens (tertiary/aromatic N) is 2. The number of hydrogen-bond acceptors (Lipinski definition) is 3. The zero-order chi connectivity index (χ0) is 13.1. The minimum atomic E-state index is -0.233. The molecule has 0 aliphatic heterocycles. The number of aliphatic hydroxyl groups is 1. The molecule has 2 rings (SSSR count). The van der Waals surface area contributed by atoms with E-state index in [2.05, 4.69) is 10.4 Å². The largest absolute Gasteiger partial charge is 0.392 e. The fourth-order valence-electron chi connectivity index (χ4n) is 2.63. The van der Waals surface area contributed by atoms with E-state index in [0.29, 0.717) is 11.7 Å². The molecule has 1 heterocycles. The molecule has 4 nitrogen and oxygen atoms in total. The summed E-state index contributed by atoms with van der Waals surface area (Å²) in [6.45, 7) is 2.65. The van der Waals surface area contributed by atoms with Gasteiger partial charge in [0.15, 0.2) is 0 Å². The van der Waals surface area contributed by atoms with Crippen molar-refractivity contribution in [1.29, 1.82) is 0 Å². The molecule has 1 aliphatic rings. The van der Waals surface area contributed by atoms with Crippen LogP contribution in [0, 0.1) is 6.92 Å². The first-order chi connectivity index (χ1) is 8.59. The molecule has 1 aromatic rings. The van der Waals surface area contributed by atoms with Crippen LogP contribution in [0.1, 0.15) is 43.4 Å². The zero-order valence-corrected chi connectivity index (χ0v) is 11.9. The van der Waals surface area contributed by atoms with E-state index in [0.717, 1.165) is 30.5 Å². The van der Waals surface area contributed by atoms with Crippen molar-refractivity contribution in [3.05, 3.63) is 16.4 Å². The molecule has 2 unspecified atom stereocenters. The van der Waals surface area contributed by atoms with Crippen LogP contribution < -0.4 is 5.32 Å². The molecule has 0 saturated heterocycles. The topological polar surface area (TPSA) is 50.1 Å². The molecule has 0 bridgehead atoms. The Morgan fingerprint density at radius 1 is 1.39 bits per heavy atom. The van der Waals surface area contributed by atoms with Gasteiger partial charge in [-0.15, -0.1) is 0 Å². The highest BCUT2D eigenvalue weighted by Crippen LogP contribution is 2.21. The maximum atomic E-state index is 10.1. The van der Waals surface area contributed by atoms with Gasteiger partial charge in [-0.3, -0.25) is 4.68 Å². The monoisotopic (exact) mass is 271 g/mol. The van der Waals surface area contributed by atoms with Gasteiger partial charge in [-0.1, -0.05) is 30.9 Å². The predicted octanol–water partition coefficient (Wildman–Crippen LogP) is 2.17. The lowest BCUT2D eigenvalue weighted by atomic mass is 10.1. The summed E-state index contributed by atoms with van der Waals surface area (Å²) in [6.07, 6.45) is 5.25. The van der Waals surface area contributed by atoms with Crippen molar-refractivity contribution in [3.63, 3.8) is 0 Å². The highest BCUT2D eigenvalue weighted by molar-refractivity contribution is 6.30. The van der Waals surface area contributed by atoms with Gasteiger partial charge in [0.1, 0.15) is 5.15 Å². The van der Waals surface area contributed by atoms with Crippen LogP contribution in [-0.4, -0.2) is 27.0 Å². The molecule has 0 amide bonds. The summed E-state index contributed by atoms with van der Waals surface area (Å²) in [5.74, 6) is 0. The third-order valence-electron chi connectivity index (χ3n) is 3.79. The number of aryl methyl sites for hydroxylation is 2. The summed E-state index contributed by atoms with van der Waals surface area (Å²) in [5, 5.41) is 18.5. The summed E-state index contributed by atoms with van der Waals surface area (Å²) >= 11 is 6.20. The number of rotatable bonds is 3. The van der Waals surface area contributed by atoms with Gasteiger partial charge >= 0.3 is 0 Å². The van der Waals surface area contributed by atoms with E-state index in [-0.39, 0.29) is 12.1 Å². The first-order valence-electron chi connectivity index (χ1n) is 6.69. The second kappa shape index (κ2) is 6.04. The Labute approximate surface area is 113 Å². The fraction of sp³-hybridized carbons (Fsp3) is 0.769. The lowest BCUT2D eigenvalue weighted by Gasteiger charge is -2.21. The van der Waals surface area contributed by atoms with Crippen LogP contribution >= 0.6 is 11.6 Å². The maximum absolute atomic E-state index is 10.1. The van der Waals surface area contributed by atoms with E-state index in [1.54, 1.807) is 4.68 Å². The number of aliphatic hydroxyl groups excluding tert-OH is 1. The number of nitrogens with one attached hydrogen (secondary N) is 1. The van der Waals surface area contributed by atoms with Crippen molar-refractivity contribution < 1.29 is 5.11 Å². The van der Waals surface area contributed by atoms with Crippen LogP contribution in [0.4, 0.5) is 0 Å². The van der Waals surface area contributed by atoms with Gasteiger partial charge < -0.3 is 10.4 Å². The van der Waals surface area contributed by atoms with Gasteiger partial charge in [-0.25, -0.2) is 0 Å². The Morgan fingerprint density at radius 3 is 2.78 bits per heavy atom. The van der Waals surface area contributed by atoms with Crippen LogP contribution in [-0.2, 0) is 13.6 Å². The number of halogens is 1. The normalized spacial score (nSPS) is 25.1. The average Bonchev–Trinajstić information content (AvgIpc) is 2.51. The lowest BCUT2D eigenvalue weighted by molar-refractivity contribution is 0.119. The smallest absolute Gasteiger partial charge is 0.131 e. The van der Waals surface area contributed by atoms with Crippen molar-refractivity contribution >= 4 is 11.6 Å². The van der Waals surface area contributed by atoms with E-state index in [9.17, 15) is 5.11 Å². The quantitative estimate of drug-likeness (QED) is 0.829. The molecular formula is C13H22ClN3O. The number of hydrogen-bond donors (Lipinski definition) is 2. The molecule has 1 aromatic heterocycles. The van der Waals surface area contributed by atoms with Gasteiger partial charge in [0, 0.05) is 25.2 Å². The van der Waals surface area contributed by atoms with Crippen molar-refractivity contribution in [2.24, 2.45) is 7.05 Å². The summed E-state index contributed by atoms with van der Waals surface area (Å²) < 4.78 is 1.69. The third-order valence-corrected chi connectivity index (χ3v) is 4.26. The van der Waals surface area contributed by atoms with Crippen molar-refractivity contribution in [2.75, 3.05) is 0 Å². The van der Waals surface area contributed by atoms with Crippen LogP contribution in [0.3, 0.4) is 0 Å². The molecular weight excluding hydrogens is 250 g/mol. The first-order valence-corrected chi connectivity index (χ1v) is 7.07. The standard InChI is InChI=1S/C13H22ClN3O/c1-9-10(13(14)17(2)16-9)8-15-11-6-4-3-5-7-12(11)18/h11-12,15,18H,3-8H2,1-2H3. The van der Waals surface area contributed by atoms with E-state index >= 15 is 0 Å². The minimum Gasteiger partial charge on any atom is -0.392 e. The molecule has 18 heavy (non-hydrogen) atoms. The van der Waals surface area contributed by atoms with Gasteiger partial charge in [0.05, 0.1) is 11.8 Å². The summed E-state index contributed by atoms with van der Waals surface area (Å²) in [4.78, 5) is 0. The Hall–Kier alpha value is -0.580. The molecule has 0 radical (unpaired) electrons. The molecule has 2 N–H and O–H groups in total. The third kappa shape index (κ3) is 3.05. The van der Waals surface area contributed by atoms with Crippen molar-refractivity contribution in [3.8, 4) is 0 Å². The number of aromatic nitrogens is 2. The van der Waals surface area contributed by atoms with Gasteiger partial charge in [0.2, 0.25) is 0 Å². The van der Waals surface area contributed by atoms with Crippen LogP contribution in [0.5, 0.6) is 0 Å². The molecule has 2 atom stereocenters. The molecule has 1 fully saturated rings. The maximum Gasteiger partial charge on any atom is 0.131 e.